The highest BCUT2D eigenvalue weighted by Gasteiger charge is 2.11. The molecule has 0 aliphatic carbocycles. The van der Waals surface area contributed by atoms with Crippen LogP contribution in [0.5, 0.6) is 0 Å². The van der Waals surface area contributed by atoms with E-state index in [1.165, 1.54) is 12.1 Å². The largest absolute Gasteiger partial charge is 0.293 e. The van der Waals surface area contributed by atoms with Crippen LogP contribution in [-0.4, -0.2) is 11.7 Å². The molecule has 2 aromatic carbocycles. The van der Waals surface area contributed by atoms with Crippen molar-refractivity contribution in [2.75, 3.05) is 5.88 Å². The van der Waals surface area contributed by atoms with Gasteiger partial charge in [-0.05, 0) is 23.3 Å². The zero-order valence-electron chi connectivity index (χ0n) is 8.99. The van der Waals surface area contributed by atoms with Crippen LogP contribution in [0.3, 0.4) is 0 Å². The van der Waals surface area contributed by atoms with Crippen molar-refractivity contribution in [1.29, 1.82) is 0 Å². The van der Waals surface area contributed by atoms with E-state index in [0.717, 1.165) is 11.1 Å². The number of carbonyl (C=O) groups excluding carboxylic acids is 1. The number of hydrogen-bond acceptors (Lipinski definition) is 1. The molecule has 1 nitrogen and oxygen atoms in total. The Hall–Kier alpha value is -1.67. The first kappa shape index (κ1) is 11.8. The first-order valence-electron chi connectivity index (χ1n) is 5.16. The molecule has 0 N–H and O–H groups in total. The molecular formula is C14H10ClFO. The van der Waals surface area contributed by atoms with Gasteiger partial charge < -0.3 is 0 Å². The van der Waals surface area contributed by atoms with Gasteiger partial charge in [-0.1, -0.05) is 36.4 Å². The Balaban J connectivity index is 2.48. The SMILES string of the molecule is O=C(CCl)c1cc(-c2ccccc2)ccc1F. The molecule has 0 saturated heterocycles. The molecule has 0 aliphatic rings. The van der Waals surface area contributed by atoms with Gasteiger partial charge in [-0.3, -0.25) is 4.79 Å². The Kier molecular flexibility index (Phi) is 3.55. The number of alkyl halides is 1. The highest BCUT2D eigenvalue weighted by atomic mass is 35.5. The number of halogens is 2. The molecule has 2 rings (SSSR count). The lowest BCUT2D eigenvalue weighted by Gasteiger charge is -2.05. The number of hydrogen-bond donors (Lipinski definition) is 0. The molecular weight excluding hydrogens is 239 g/mol. The average Bonchev–Trinajstić information content (AvgIpc) is 2.39. The number of benzene rings is 2. The topological polar surface area (TPSA) is 17.1 Å². The highest BCUT2D eigenvalue weighted by Crippen LogP contribution is 2.22. The first-order valence-corrected chi connectivity index (χ1v) is 5.70. The summed E-state index contributed by atoms with van der Waals surface area (Å²) in [5, 5.41) is 0. The van der Waals surface area contributed by atoms with Crippen molar-refractivity contribution in [3.8, 4) is 11.1 Å². The van der Waals surface area contributed by atoms with E-state index < -0.39 is 11.6 Å². The fourth-order valence-electron chi connectivity index (χ4n) is 1.62. The van der Waals surface area contributed by atoms with E-state index in [9.17, 15) is 9.18 Å². The van der Waals surface area contributed by atoms with Crippen LogP contribution in [0.2, 0.25) is 0 Å². The lowest BCUT2D eigenvalue weighted by molar-refractivity contribution is 0.101. The molecule has 0 unspecified atom stereocenters. The molecule has 0 saturated carbocycles. The summed E-state index contributed by atoms with van der Waals surface area (Å²) in [6, 6.07) is 14.0. The molecule has 0 aromatic heterocycles. The fourth-order valence-corrected chi connectivity index (χ4v) is 1.77. The Bertz CT molecular complexity index is 537. The van der Waals surface area contributed by atoms with E-state index in [1.807, 2.05) is 30.3 Å². The third-order valence-electron chi connectivity index (χ3n) is 2.50. The van der Waals surface area contributed by atoms with Crippen LogP contribution in [0.25, 0.3) is 11.1 Å². The first-order chi connectivity index (χ1) is 8.22. The van der Waals surface area contributed by atoms with E-state index >= 15 is 0 Å². The zero-order chi connectivity index (χ0) is 12.3. The second kappa shape index (κ2) is 5.11. The molecule has 0 aliphatic heterocycles. The van der Waals surface area contributed by atoms with Gasteiger partial charge in [0.15, 0.2) is 5.78 Å². The lowest BCUT2D eigenvalue weighted by atomic mass is 10.0. The van der Waals surface area contributed by atoms with Gasteiger partial charge in [-0.25, -0.2) is 4.39 Å². The van der Waals surface area contributed by atoms with Gasteiger partial charge in [0.05, 0.1) is 11.4 Å². The molecule has 0 bridgehead atoms. The normalized spacial score (nSPS) is 10.2. The van der Waals surface area contributed by atoms with Gasteiger partial charge in [0, 0.05) is 0 Å². The van der Waals surface area contributed by atoms with Crippen LogP contribution >= 0.6 is 11.6 Å². The smallest absolute Gasteiger partial charge is 0.180 e. The molecule has 86 valence electrons. The van der Waals surface area contributed by atoms with Crippen molar-refractivity contribution in [2.24, 2.45) is 0 Å². The number of carbonyl (C=O) groups is 1. The van der Waals surface area contributed by atoms with Crippen molar-refractivity contribution < 1.29 is 9.18 Å². The van der Waals surface area contributed by atoms with Crippen molar-refractivity contribution in [2.45, 2.75) is 0 Å². The fraction of sp³-hybridized carbons (Fsp3) is 0.0714. The summed E-state index contributed by atoms with van der Waals surface area (Å²) < 4.78 is 13.4. The molecule has 0 amide bonds. The number of Topliss-reactive ketones (excluding diaryl/α,β-unsaturated/α-hetero) is 1. The van der Waals surface area contributed by atoms with E-state index in [1.54, 1.807) is 6.07 Å². The third kappa shape index (κ3) is 2.53. The molecule has 0 fully saturated rings. The van der Waals surface area contributed by atoms with Crippen molar-refractivity contribution in [3.05, 3.63) is 59.9 Å². The van der Waals surface area contributed by atoms with Crippen LogP contribution in [-0.2, 0) is 0 Å². The van der Waals surface area contributed by atoms with Gasteiger partial charge >= 0.3 is 0 Å². The van der Waals surface area contributed by atoms with Crippen LogP contribution in [0.1, 0.15) is 10.4 Å². The van der Waals surface area contributed by atoms with Crippen LogP contribution in [0.15, 0.2) is 48.5 Å². The molecule has 0 spiro atoms. The Morgan fingerprint density at radius 2 is 1.76 bits per heavy atom. The molecule has 17 heavy (non-hydrogen) atoms. The minimum atomic E-state index is -0.532. The lowest BCUT2D eigenvalue weighted by Crippen LogP contribution is -2.03. The van der Waals surface area contributed by atoms with E-state index in [4.69, 9.17) is 11.6 Å². The Morgan fingerprint density at radius 3 is 2.41 bits per heavy atom. The maximum Gasteiger partial charge on any atom is 0.180 e. The standard InChI is InChI=1S/C14H10ClFO/c15-9-14(17)12-8-11(6-7-13(12)16)10-4-2-1-3-5-10/h1-8H,9H2. The Morgan fingerprint density at radius 1 is 1.06 bits per heavy atom. The van der Waals surface area contributed by atoms with Crippen LogP contribution < -0.4 is 0 Å². The van der Waals surface area contributed by atoms with Gasteiger partial charge in [0.1, 0.15) is 5.82 Å². The molecule has 2 aromatic rings. The average molecular weight is 249 g/mol. The predicted octanol–water partition coefficient (Wildman–Crippen LogP) is 3.91. The summed E-state index contributed by atoms with van der Waals surface area (Å²) in [6.45, 7) is 0. The Labute approximate surface area is 104 Å². The van der Waals surface area contributed by atoms with Crippen molar-refractivity contribution in [1.82, 2.24) is 0 Å². The number of ketones is 1. The van der Waals surface area contributed by atoms with Crippen LogP contribution in [0.4, 0.5) is 4.39 Å². The minimum absolute atomic E-state index is 0.0429. The monoisotopic (exact) mass is 248 g/mol. The molecule has 0 heterocycles. The summed E-state index contributed by atoms with van der Waals surface area (Å²) in [6.07, 6.45) is 0. The summed E-state index contributed by atoms with van der Waals surface area (Å²) in [4.78, 5) is 11.4. The maximum absolute atomic E-state index is 13.4. The summed E-state index contributed by atoms with van der Waals surface area (Å²) >= 11 is 5.44. The zero-order valence-corrected chi connectivity index (χ0v) is 9.75. The molecule has 0 radical (unpaired) electrons. The van der Waals surface area contributed by atoms with E-state index in [0.29, 0.717) is 0 Å². The predicted molar refractivity (Wildman–Crippen MR) is 66.9 cm³/mol. The van der Waals surface area contributed by atoms with Crippen molar-refractivity contribution >= 4 is 17.4 Å². The highest BCUT2D eigenvalue weighted by molar-refractivity contribution is 6.30. The van der Waals surface area contributed by atoms with E-state index in [2.05, 4.69) is 0 Å². The third-order valence-corrected chi connectivity index (χ3v) is 2.74. The van der Waals surface area contributed by atoms with Crippen molar-refractivity contribution in [3.63, 3.8) is 0 Å². The van der Waals surface area contributed by atoms with E-state index in [-0.39, 0.29) is 11.4 Å². The quantitative estimate of drug-likeness (QED) is 0.594. The number of rotatable bonds is 3. The summed E-state index contributed by atoms with van der Waals surface area (Å²) in [7, 11) is 0. The second-order valence-corrected chi connectivity index (χ2v) is 3.88. The minimum Gasteiger partial charge on any atom is -0.293 e. The maximum atomic E-state index is 13.4. The van der Waals surface area contributed by atoms with Crippen LogP contribution in [0, 0.1) is 5.82 Å². The molecule has 0 atom stereocenters. The summed E-state index contributed by atoms with van der Waals surface area (Å²) in [5.74, 6) is -1.15. The summed E-state index contributed by atoms with van der Waals surface area (Å²) in [5.41, 5.74) is 1.79. The van der Waals surface area contributed by atoms with Gasteiger partial charge in [0.2, 0.25) is 0 Å². The van der Waals surface area contributed by atoms with Gasteiger partial charge in [-0.15, -0.1) is 11.6 Å². The van der Waals surface area contributed by atoms with Gasteiger partial charge in [-0.2, -0.15) is 0 Å². The second-order valence-electron chi connectivity index (χ2n) is 3.62. The van der Waals surface area contributed by atoms with Gasteiger partial charge in [0.25, 0.3) is 0 Å². The molecule has 3 heteroatoms.